The van der Waals surface area contributed by atoms with Crippen LogP contribution >= 0.6 is 0 Å². The molecule has 1 aliphatic rings. The smallest absolute Gasteiger partial charge is 0.254 e. The van der Waals surface area contributed by atoms with Crippen LogP contribution in [0, 0.1) is 13.8 Å². The summed E-state index contributed by atoms with van der Waals surface area (Å²) in [5.41, 5.74) is 4.03. The number of carbonyl (C=O) groups excluding carboxylic acids is 1. The third-order valence-corrected chi connectivity index (χ3v) is 2.60. The topological polar surface area (TPSA) is 41.1 Å². The molecule has 0 radical (unpaired) electrons. The van der Waals surface area contributed by atoms with Crippen molar-refractivity contribution >= 4 is 11.6 Å². The Morgan fingerprint density at radius 1 is 1.14 bits per heavy atom. The first-order valence-electron chi connectivity index (χ1n) is 4.76. The Bertz CT molecular complexity index is 399. The Kier molecular flexibility index (Phi) is 1.95. The van der Waals surface area contributed by atoms with Gasteiger partial charge in [0.15, 0.2) is 0 Å². The first-order chi connectivity index (χ1) is 6.58. The van der Waals surface area contributed by atoms with Gasteiger partial charge in [-0.1, -0.05) is 0 Å². The van der Waals surface area contributed by atoms with E-state index in [4.69, 9.17) is 0 Å². The maximum Gasteiger partial charge on any atom is 0.254 e. The quantitative estimate of drug-likeness (QED) is 0.655. The van der Waals surface area contributed by atoms with E-state index in [2.05, 4.69) is 17.6 Å². The van der Waals surface area contributed by atoms with Crippen LogP contribution in [0.5, 0.6) is 0 Å². The van der Waals surface area contributed by atoms with Crippen LogP contribution in [0.2, 0.25) is 0 Å². The van der Waals surface area contributed by atoms with Crippen molar-refractivity contribution in [1.82, 2.24) is 5.32 Å². The van der Waals surface area contributed by atoms with Crippen LogP contribution in [0.1, 0.15) is 28.4 Å². The van der Waals surface area contributed by atoms with Crippen molar-refractivity contribution in [3.8, 4) is 0 Å². The van der Waals surface area contributed by atoms with Crippen molar-refractivity contribution in [1.29, 1.82) is 0 Å². The second-order valence-electron chi connectivity index (χ2n) is 3.82. The highest BCUT2D eigenvalue weighted by atomic mass is 16.2. The van der Waals surface area contributed by atoms with Gasteiger partial charge in [-0.05, 0) is 44.0 Å². The molecule has 1 atom stereocenters. The van der Waals surface area contributed by atoms with Gasteiger partial charge < -0.3 is 10.6 Å². The Morgan fingerprint density at radius 3 is 2.50 bits per heavy atom. The fourth-order valence-corrected chi connectivity index (χ4v) is 1.67. The summed E-state index contributed by atoms with van der Waals surface area (Å²) < 4.78 is 0. The number of anilines is 1. The highest BCUT2D eigenvalue weighted by Crippen LogP contribution is 2.23. The third-order valence-electron chi connectivity index (χ3n) is 2.60. The lowest BCUT2D eigenvalue weighted by atomic mass is 10.0. The van der Waals surface area contributed by atoms with Gasteiger partial charge in [-0.25, -0.2) is 0 Å². The zero-order valence-corrected chi connectivity index (χ0v) is 8.64. The molecule has 1 heterocycles. The molecule has 0 fully saturated rings. The number of aryl methyl sites for hydroxylation is 2. The van der Waals surface area contributed by atoms with E-state index in [-0.39, 0.29) is 12.1 Å². The van der Waals surface area contributed by atoms with Crippen molar-refractivity contribution in [3.63, 3.8) is 0 Å². The number of nitrogens with one attached hydrogen (secondary N) is 2. The maximum absolute atomic E-state index is 11.6. The van der Waals surface area contributed by atoms with E-state index in [9.17, 15) is 4.79 Å². The molecule has 2 N–H and O–H groups in total. The SMILES string of the molecule is Cc1cc2c(cc1C)C(=O)NC(C)N2. The molecule has 3 nitrogen and oxygen atoms in total. The van der Waals surface area contributed by atoms with Crippen LogP contribution in [0.15, 0.2) is 12.1 Å². The summed E-state index contributed by atoms with van der Waals surface area (Å²) in [7, 11) is 0. The predicted molar refractivity (Wildman–Crippen MR) is 56.5 cm³/mol. The van der Waals surface area contributed by atoms with Crippen molar-refractivity contribution < 1.29 is 4.79 Å². The lowest BCUT2D eigenvalue weighted by molar-refractivity contribution is 0.0939. The Labute approximate surface area is 83.5 Å². The van der Waals surface area contributed by atoms with Crippen LogP contribution in [0.4, 0.5) is 5.69 Å². The minimum atomic E-state index is 0.00866. The molecule has 1 amide bonds. The molecule has 1 aromatic carbocycles. The minimum absolute atomic E-state index is 0.00866. The average molecular weight is 190 g/mol. The molecule has 0 saturated carbocycles. The van der Waals surface area contributed by atoms with Crippen LogP contribution in [0.25, 0.3) is 0 Å². The summed E-state index contributed by atoms with van der Waals surface area (Å²) in [6, 6.07) is 3.96. The number of hydrogen-bond donors (Lipinski definition) is 2. The van der Waals surface area contributed by atoms with E-state index >= 15 is 0 Å². The van der Waals surface area contributed by atoms with Gasteiger partial charge in [0, 0.05) is 5.69 Å². The Morgan fingerprint density at radius 2 is 1.79 bits per heavy atom. The Balaban J connectivity index is 2.55. The van der Waals surface area contributed by atoms with Gasteiger partial charge in [-0.3, -0.25) is 4.79 Å². The summed E-state index contributed by atoms with van der Waals surface area (Å²) in [6.07, 6.45) is 0.0112. The van der Waals surface area contributed by atoms with Gasteiger partial charge in [-0.2, -0.15) is 0 Å². The molecular weight excluding hydrogens is 176 g/mol. The lowest BCUT2D eigenvalue weighted by Gasteiger charge is -2.25. The summed E-state index contributed by atoms with van der Waals surface area (Å²) in [6.45, 7) is 5.99. The standard InChI is InChI=1S/C11H14N2O/c1-6-4-9-10(5-7(6)2)12-8(3)13-11(9)14/h4-5,8,12H,1-3H3,(H,13,14). The second kappa shape index (κ2) is 3.01. The van der Waals surface area contributed by atoms with E-state index < -0.39 is 0 Å². The van der Waals surface area contributed by atoms with Gasteiger partial charge in [0.2, 0.25) is 0 Å². The van der Waals surface area contributed by atoms with Crippen molar-refractivity contribution in [2.75, 3.05) is 5.32 Å². The van der Waals surface area contributed by atoms with Gasteiger partial charge in [0.25, 0.3) is 5.91 Å². The summed E-state index contributed by atoms with van der Waals surface area (Å²) in [5.74, 6) is 0.00866. The highest BCUT2D eigenvalue weighted by molar-refractivity contribution is 6.01. The van der Waals surface area contributed by atoms with Gasteiger partial charge in [0.05, 0.1) is 11.7 Å². The van der Waals surface area contributed by atoms with Crippen LogP contribution in [0.3, 0.4) is 0 Å². The van der Waals surface area contributed by atoms with Gasteiger partial charge in [-0.15, -0.1) is 0 Å². The van der Waals surface area contributed by atoms with E-state index in [0.29, 0.717) is 0 Å². The molecule has 1 aromatic rings. The largest absolute Gasteiger partial charge is 0.365 e. The molecule has 0 saturated heterocycles. The minimum Gasteiger partial charge on any atom is -0.365 e. The van der Waals surface area contributed by atoms with Crippen LogP contribution in [-0.2, 0) is 0 Å². The molecule has 0 aliphatic carbocycles. The highest BCUT2D eigenvalue weighted by Gasteiger charge is 2.20. The van der Waals surface area contributed by atoms with Crippen LogP contribution < -0.4 is 10.6 Å². The fourth-order valence-electron chi connectivity index (χ4n) is 1.67. The molecule has 0 bridgehead atoms. The molecule has 0 aromatic heterocycles. The summed E-state index contributed by atoms with van der Waals surface area (Å²) in [4.78, 5) is 11.6. The van der Waals surface area contributed by atoms with E-state index in [1.165, 1.54) is 5.56 Å². The first kappa shape index (κ1) is 9.06. The molecular formula is C11H14N2O. The monoisotopic (exact) mass is 190 g/mol. The van der Waals surface area contributed by atoms with Crippen LogP contribution in [-0.4, -0.2) is 12.1 Å². The number of carbonyl (C=O) groups is 1. The molecule has 1 aliphatic heterocycles. The fraction of sp³-hybridized carbons (Fsp3) is 0.364. The number of rotatable bonds is 0. The second-order valence-corrected chi connectivity index (χ2v) is 3.82. The average Bonchev–Trinajstić information content (AvgIpc) is 2.08. The molecule has 14 heavy (non-hydrogen) atoms. The predicted octanol–water partition coefficient (Wildman–Crippen LogP) is 1.80. The van der Waals surface area contributed by atoms with Crippen molar-refractivity contribution in [2.24, 2.45) is 0 Å². The van der Waals surface area contributed by atoms with Gasteiger partial charge in [0.1, 0.15) is 0 Å². The first-order valence-corrected chi connectivity index (χ1v) is 4.76. The van der Waals surface area contributed by atoms with Gasteiger partial charge >= 0.3 is 0 Å². The lowest BCUT2D eigenvalue weighted by Crippen LogP contribution is -2.42. The number of hydrogen-bond acceptors (Lipinski definition) is 2. The van der Waals surface area contributed by atoms with Crippen molar-refractivity contribution in [3.05, 3.63) is 28.8 Å². The molecule has 2 rings (SSSR count). The normalized spacial score (nSPS) is 19.6. The molecule has 1 unspecified atom stereocenters. The number of fused-ring (bicyclic) bond motifs is 1. The summed E-state index contributed by atoms with van der Waals surface area (Å²) in [5, 5.41) is 6.06. The third kappa shape index (κ3) is 1.35. The van der Waals surface area contributed by atoms with E-state index in [1.54, 1.807) is 0 Å². The zero-order valence-electron chi connectivity index (χ0n) is 8.64. The number of amides is 1. The Hall–Kier alpha value is -1.51. The molecule has 74 valence electrons. The van der Waals surface area contributed by atoms with Crippen molar-refractivity contribution in [2.45, 2.75) is 26.9 Å². The maximum atomic E-state index is 11.6. The number of benzene rings is 1. The molecule has 0 spiro atoms. The summed E-state index contributed by atoms with van der Waals surface area (Å²) >= 11 is 0. The van der Waals surface area contributed by atoms with E-state index in [0.717, 1.165) is 16.8 Å². The molecule has 3 heteroatoms. The van der Waals surface area contributed by atoms with E-state index in [1.807, 2.05) is 26.0 Å². The zero-order chi connectivity index (χ0) is 10.3.